The normalized spacial score (nSPS) is 19.2. The lowest BCUT2D eigenvalue weighted by atomic mass is 9.95. The van der Waals surface area contributed by atoms with Crippen molar-refractivity contribution in [3.63, 3.8) is 0 Å². The van der Waals surface area contributed by atoms with Gasteiger partial charge in [0.1, 0.15) is 0 Å². The summed E-state index contributed by atoms with van der Waals surface area (Å²) in [6, 6.07) is 0. The lowest BCUT2D eigenvalue weighted by Gasteiger charge is -2.19. The maximum atomic E-state index is 5.55. The molecule has 1 rings (SSSR count). The van der Waals surface area contributed by atoms with Gasteiger partial charge in [0.25, 0.3) is 0 Å². The van der Waals surface area contributed by atoms with Crippen molar-refractivity contribution in [1.82, 2.24) is 10.2 Å². The van der Waals surface area contributed by atoms with E-state index >= 15 is 0 Å². The quantitative estimate of drug-likeness (QED) is 0.637. The zero-order valence-electron chi connectivity index (χ0n) is 15.1. The first kappa shape index (κ1) is 19.9. The third-order valence-electron chi connectivity index (χ3n) is 5.05. The predicted octanol–water partition coefficient (Wildman–Crippen LogP) is 3.78. The molecule has 0 aromatic rings. The molecule has 0 amide bonds. The molecule has 0 saturated heterocycles. The van der Waals surface area contributed by atoms with Crippen LogP contribution in [0, 0.1) is 5.92 Å². The number of nitrogens with two attached hydrogens (primary N) is 1. The van der Waals surface area contributed by atoms with Crippen LogP contribution in [0.4, 0.5) is 0 Å². The third-order valence-corrected chi connectivity index (χ3v) is 5.05. The van der Waals surface area contributed by atoms with Crippen LogP contribution in [0.3, 0.4) is 0 Å². The van der Waals surface area contributed by atoms with Gasteiger partial charge in [-0.15, -0.1) is 0 Å². The van der Waals surface area contributed by atoms with Crippen LogP contribution in [-0.2, 0) is 0 Å². The van der Waals surface area contributed by atoms with Crippen molar-refractivity contribution in [1.29, 1.82) is 0 Å². The van der Waals surface area contributed by atoms with E-state index in [0.29, 0.717) is 0 Å². The van der Waals surface area contributed by atoms with Crippen LogP contribution < -0.4 is 11.1 Å². The van der Waals surface area contributed by atoms with E-state index in [4.69, 9.17) is 5.73 Å². The number of nitrogens with zero attached hydrogens (tertiary/aromatic N) is 1. The minimum atomic E-state index is 0.810. The van der Waals surface area contributed by atoms with E-state index in [2.05, 4.69) is 17.3 Å². The van der Waals surface area contributed by atoms with Gasteiger partial charge in [0, 0.05) is 0 Å². The molecule has 3 heteroatoms. The standard InChI is InChI=1S/C19H41N3/c1-22(16-10-14-20)17-11-15-21-18-19-12-8-6-4-2-3-5-7-9-13-19/h19,21H,2-18,20H2,1H3. The van der Waals surface area contributed by atoms with Crippen LogP contribution in [0.1, 0.15) is 77.0 Å². The Balaban J connectivity index is 2.05. The Morgan fingerprint density at radius 1 is 0.864 bits per heavy atom. The van der Waals surface area contributed by atoms with Gasteiger partial charge in [-0.25, -0.2) is 0 Å². The first-order valence-corrected chi connectivity index (χ1v) is 9.92. The zero-order valence-corrected chi connectivity index (χ0v) is 15.1. The predicted molar refractivity (Wildman–Crippen MR) is 98.3 cm³/mol. The Labute approximate surface area is 139 Å². The highest BCUT2D eigenvalue weighted by Crippen LogP contribution is 2.20. The van der Waals surface area contributed by atoms with Crippen LogP contribution in [0.25, 0.3) is 0 Å². The summed E-state index contributed by atoms with van der Waals surface area (Å²) in [4.78, 5) is 2.40. The second-order valence-corrected chi connectivity index (χ2v) is 7.27. The van der Waals surface area contributed by atoms with Crippen molar-refractivity contribution in [3.8, 4) is 0 Å². The van der Waals surface area contributed by atoms with Gasteiger partial charge >= 0.3 is 0 Å². The van der Waals surface area contributed by atoms with E-state index in [1.54, 1.807) is 0 Å². The van der Waals surface area contributed by atoms with Gasteiger partial charge in [0.05, 0.1) is 0 Å². The van der Waals surface area contributed by atoms with Crippen molar-refractivity contribution in [2.45, 2.75) is 77.0 Å². The Hall–Kier alpha value is -0.120. The Bertz CT molecular complexity index is 221. The van der Waals surface area contributed by atoms with Crippen molar-refractivity contribution in [2.24, 2.45) is 11.7 Å². The number of hydrogen-bond donors (Lipinski definition) is 2. The molecule has 1 aliphatic rings. The molecule has 1 aliphatic carbocycles. The van der Waals surface area contributed by atoms with Crippen LogP contribution >= 0.6 is 0 Å². The van der Waals surface area contributed by atoms with Crippen molar-refractivity contribution in [2.75, 3.05) is 39.8 Å². The summed E-state index contributed by atoms with van der Waals surface area (Å²) in [5.74, 6) is 0.924. The number of rotatable bonds is 9. The molecule has 3 N–H and O–H groups in total. The molecule has 0 radical (unpaired) electrons. The summed E-state index contributed by atoms with van der Waals surface area (Å²) in [5, 5.41) is 3.72. The maximum Gasteiger partial charge on any atom is -0.000968 e. The lowest BCUT2D eigenvalue weighted by Crippen LogP contribution is -2.28. The fourth-order valence-electron chi connectivity index (χ4n) is 3.53. The molecule has 22 heavy (non-hydrogen) atoms. The summed E-state index contributed by atoms with van der Waals surface area (Å²) < 4.78 is 0. The Morgan fingerprint density at radius 3 is 2.00 bits per heavy atom. The largest absolute Gasteiger partial charge is 0.330 e. The summed E-state index contributed by atoms with van der Waals surface area (Å²) in [5.41, 5.74) is 5.55. The second kappa shape index (κ2) is 14.5. The van der Waals surface area contributed by atoms with E-state index in [1.807, 2.05) is 0 Å². The molecule has 0 bridgehead atoms. The minimum absolute atomic E-state index is 0.810. The average molecular weight is 312 g/mol. The van der Waals surface area contributed by atoms with Gasteiger partial charge < -0.3 is 16.0 Å². The first-order valence-electron chi connectivity index (χ1n) is 9.92. The van der Waals surface area contributed by atoms with Crippen LogP contribution in [0.15, 0.2) is 0 Å². The molecule has 0 unspecified atom stereocenters. The Morgan fingerprint density at radius 2 is 1.41 bits per heavy atom. The third kappa shape index (κ3) is 11.4. The average Bonchev–Trinajstić information content (AvgIpc) is 2.58. The van der Waals surface area contributed by atoms with E-state index < -0.39 is 0 Å². The van der Waals surface area contributed by atoms with Gasteiger partial charge in [0.15, 0.2) is 0 Å². The fourth-order valence-corrected chi connectivity index (χ4v) is 3.53. The highest BCUT2D eigenvalue weighted by Gasteiger charge is 2.09. The molecule has 1 saturated carbocycles. The summed E-state index contributed by atoms with van der Waals surface area (Å²) >= 11 is 0. The molecule has 0 aliphatic heterocycles. The minimum Gasteiger partial charge on any atom is -0.330 e. The van der Waals surface area contributed by atoms with E-state index in [-0.39, 0.29) is 0 Å². The van der Waals surface area contributed by atoms with Gasteiger partial charge in [-0.1, -0.05) is 51.4 Å². The monoisotopic (exact) mass is 311 g/mol. The van der Waals surface area contributed by atoms with E-state index in [0.717, 1.165) is 25.4 Å². The van der Waals surface area contributed by atoms with Crippen LogP contribution in [0.2, 0.25) is 0 Å². The highest BCUT2D eigenvalue weighted by atomic mass is 15.1. The van der Waals surface area contributed by atoms with Gasteiger partial charge in [-0.3, -0.25) is 0 Å². The summed E-state index contributed by atoms with van der Waals surface area (Å²) in [7, 11) is 2.21. The molecule has 0 aromatic heterocycles. The summed E-state index contributed by atoms with van der Waals surface area (Å²) in [6.07, 6.45) is 17.0. The van der Waals surface area contributed by atoms with Gasteiger partial charge in [-0.05, 0) is 71.4 Å². The molecular weight excluding hydrogens is 270 g/mol. The number of hydrogen-bond acceptors (Lipinski definition) is 3. The molecule has 0 atom stereocenters. The molecule has 132 valence electrons. The van der Waals surface area contributed by atoms with Crippen molar-refractivity contribution < 1.29 is 0 Å². The summed E-state index contributed by atoms with van der Waals surface area (Å²) in [6.45, 7) is 5.55. The second-order valence-electron chi connectivity index (χ2n) is 7.27. The first-order chi connectivity index (χ1) is 10.8. The Kier molecular flexibility index (Phi) is 13.1. The lowest BCUT2D eigenvalue weighted by molar-refractivity contribution is 0.319. The SMILES string of the molecule is CN(CCCN)CCCNCC1CCCCCCCCCC1. The topological polar surface area (TPSA) is 41.3 Å². The maximum absolute atomic E-state index is 5.55. The molecule has 1 fully saturated rings. The molecule has 3 nitrogen and oxygen atoms in total. The van der Waals surface area contributed by atoms with E-state index in [9.17, 15) is 0 Å². The zero-order chi connectivity index (χ0) is 15.9. The van der Waals surface area contributed by atoms with Gasteiger partial charge in [-0.2, -0.15) is 0 Å². The van der Waals surface area contributed by atoms with Crippen LogP contribution in [-0.4, -0.2) is 44.7 Å². The molecular formula is C19H41N3. The van der Waals surface area contributed by atoms with E-state index in [1.165, 1.54) is 90.3 Å². The van der Waals surface area contributed by atoms with Crippen molar-refractivity contribution >= 4 is 0 Å². The molecule has 0 spiro atoms. The highest BCUT2D eigenvalue weighted by molar-refractivity contribution is 4.65. The number of nitrogens with one attached hydrogen (secondary N) is 1. The fraction of sp³-hybridized carbons (Fsp3) is 1.00. The van der Waals surface area contributed by atoms with Gasteiger partial charge in [0.2, 0.25) is 0 Å². The van der Waals surface area contributed by atoms with Crippen LogP contribution in [0.5, 0.6) is 0 Å². The smallest absolute Gasteiger partial charge is 0.000968 e. The molecule has 0 heterocycles. The molecule has 0 aromatic carbocycles. The van der Waals surface area contributed by atoms with Crippen molar-refractivity contribution in [3.05, 3.63) is 0 Å².